The molecule has 0 atom stereocenters. The van der Waals surface area contributed by atoms with Crippen LogP contribution in [-0.4, -0.2) is 43.9 Å². The maximum Gasteiger partial charge on any atom is 0.407 e. The zero-order valence-corrected chi connectivity index (χ0v) is 14.1. The van der Waals surface area contributed by atoms with Crippen LogP contribution in [0.3, 0.4) is 0 Å². The van der Waals surface area contributed by atoms with Crippen molar-refractivity contribution in [3.8, 4) is 0 Å². The Labute approximate surface area is 133 Å². The molecule has 0 aromatic rings. The highest BCUT2D eigenvalue weighted by atomic mass is 16.6. The van der Waals surface area contributed by atoms with Gasteiger partial charge in [0.15, 0.2) is 0 Å². The van der Waals surface area contributed by atoms with E-state index < -0.39 is 5.60 Å². The highest BCUT2D eigenvalue weighted by Crippen LogP contribution is 2.06. The van der Waals surface area contributed by atoms with E-state index in [1.54, 1.807) is 6.08 Å². The summed E-state index contributed by atoms with van der Waals surface area (Å²) in [6.07, 6.45) is 5.15. The van der Waals surface area contributed by atoms with Gasteiger partial charge in [0.25, 0.3) is 0 Å². The molecule has 0 fully saturated rings. The molecule has 0 aliphatic rings. The van der Waals surface area contributed by atoms with Crippen LogP contribution in [0.5, 0.6) is 0 Å². The molecule has 0 radical (unpaired) electrons. The Morgan fingerprint density at radius 1 is 1.09 bits per heavy atom. The minimum atomic E-state index is -0.456. The summed E-state index contributed by atoms with van der Waals surface area (Å²) in [6, 6.07) is 0. The molecule has 2 N–H and O–H groups in total. The number of carbonyl (C=O) groups is 2. The van der Waals surface area contributed by atoms with Crippen LogP contribution in [0.15, 0.2) is 12.7 Å². The molecule has 1 amide bonds. The number of hydrogen-bond acceptors (Lipinski definition) is 5. The largest absolute Gasteiger partial charge is 0.461 e. The summed E-state index contributed by atoms with van der Waals surface area (Å²) in [5.41, 5.74) is -0.456. The molecule has 128 valence electrons. The summed E-state index contributed by atoms with van der Waals surface area (Å²) in [5.74, 6) is -0.263. The van der Waals surface area contributed by atoms with Crippen LogP contribution in [0, 0.1) is 0 Å². The van der Waals surface area contributed by atoms with E-state index in [1.807, 2.05) is 20.8 Å². The Hall–Kier alpha value is -1.56. The third-order valence-electron chi connectivity index (χ3n) is 2.58. The van der Waals surface area contributed by atoms with Crippen molar-refractivity contribution in [1.82, 2.24) is 10.6 Å². The van der Waals surface area contributed by atoms with Gasteiger partial charge in [0.2, 0.25) is 0 Å². The lowest BCUT2D eigenvalue weighted by Crippen LogP contribution is -2.33. The number of nitrogens with one attached hydrogen (secondary N) is 2. The van der Waals surface area contributed by atoms with E-state index in [0.717, 1.165) is 32.2 Å². The number of esters is 1. The van der Waals surface area contributed by atoms with Crippen LogP contribution in [0.4, 0.5) is 4.79 Å². The summed E-state index contributed by atoms with van der Waals surface area (Å²) >= 11 is 0. The average Bonchev–Trinajstić information content (AvgIpc) is 2.41. The van der Waals surface area contributed by atoms with Gasteiger partial charge in [-0.15, -0.1) is 0 Å². The van der Waals surface area contributed by atoms with Crippen LogP contribution >= 0.6 is 0 Å². The first kappa shape index (κ1) is 20.4. The molecular formula is C16H30N2O4. The van der Waals surface area contributed by atoms with Gasteiger partial charge in [0.05, 0.1) is 6.54 Å². The summed E-state index contributed by atoms with van der Waals surface area (Å²) in [6.45, 7) is 10.9. The SMILES string of the molecule is C=CCOC(=O)CNCCCCCCNC(=O)OC(C)(C)C. The van der Waals surface area contributed by atoms with Gasteiger partial charge in [-0.1, -0.05) is 25.5 Å². The van der Waals surface area contributed by atoms with E-state index in [2.05, 4.69) is 17.2 Å². The fraction of sp³-hybridized carbons (Fsp3) is 0.750. The van der Waals surface area contributed by atoms with E-state index in [1.165, 1.54) is 0 Å². The van der Waals surface area contributed by atoms with Crippen molar-refractivity contribution >= 4 is 12.1 Å². The van der Waals surface area contributed by atoms with Crippen LogP contribution in [-0.2, 0) is 14.3 Å². The van der Waals surface area contributed by atoms with Crippen molar-refractivity contribution < 1.29 is 19.1 Å². The van der Waals surface area contributed by atoms with Gasteiger partial charge in [0.1, 0.15) is 12.2 Å². The molecule has 0 heterocycles. The van der Waals surface area contributed by atoms with Gasteiger partial charge in [-0.25, -0.2) is 4.79 Å². The van der Waals surface area contributed by atoms with Crippen molar-refractivity contribution in [2.24, 2.45) is 0 Å². The molecule has 0 saturated carbocycles. The van der Waals surface area contributed by atoms with Crippen LogP contribution in [0.1, 0.15) is 46.5 Å². The Morgan fingerprint density at radius 2 is 1.73 bits per heavy atom. The molecular weight excluding hydrogens is 284 g/mol. The number of amides is 1. The summed E-state index contributed by atoms with van der Waals surface area (Å²) in [7, 11) is 0. The second-order valence-electron chi connectivity index (χ2n) is 5.99. The number of ether oxygens (including phenoxy) is 2. The smallest absolute Gasteiger partial charge is 0.407 e. The highest BCUT2D eigenvalue weighted by molar-refractivity contribution is 5.71. The number of unbranched alkanes of at least 4 members (excludes halogenated alkanes) is 3. The van der Waals surface area contributed by atoms with Gasteiger partial charge in [0, 0.05) is 6.54 Å². The van der Waals surface area contributed by atoms with E-state index >= 15 is 0 Å². The van der Waals surface area contributed by atoms with Crippen molar-refractivity contribution in [2.75, 3.05) is 26.2 Å². The molecule has 0 aliphatic heterocycles. The number of carbonyl (C=O) groups excluding carboxylic acids is 2. The molecule has 0 aromatic heterocycles. The predicted octanol–water partition coefficient (Wildman–Crippen LogP) is 2.39. The summed E-state index contributed by atoms with van der Waals surface area (Å²) in [5, 5.41) is 5.76. The van der Waals surface area contributed by atoms with E-state index in [4.69, 9.17) is 9.47 Å². The standard InChI is InChI=1S/C16H30N2O4/c1-5-12-21-14(19)13-17-10-8-6-7-9-11-18-15(20)22-16(2,3)4/h5,17H,1,6-13H2,2-4H3,(H,18,20). The van der Waals surface area contributed by atoms with Crippen LogP contribution < -0.4 is 10.6 Å². The number of rotatable bonds is 11. The Bertz CT molecular complexity index is 338. The number of alkyl carbamates (subject to hydrolysis) is 1. The fourth-order valence-corrected chi connectivity index (χ4v) is 1.63. The van der Waals surface area contributed by atoms with Crippen molar-refractivity contribution in [3.05, 3.63) is 12.7 Å². The average molecular weight is 314 g/mol. The minimum Gasteiger partial charge on any atom is -0.461 e. The molecule has 0 spiro atoms. The molecule has 0 unspecified atom stereocenters. The van der Waals surface area contributed by atoms with Crippen molar-refractivity contribution in [3.63, 3.8) is 0 Å². The molecule has 0 saturated heterocycles. The third-order valence-corrected chi connectivity index (χ3v) is 2.58. The molecule has 22 heavy (non-hydrogen) atoms. The third kappa shape index (κ3) is 14.8. The second kappa shape index (κ2) is 12.0. The monoisotopic (exact) mass is 314 g/mol. The molecule has 6 heteroatoms. The van der Waals surface area contributed by atoms with Crippen molar-refractivity contribution in [1.29, 1.82) is 0 Å². The first-order valence-electron chi connectivity index (χ1n) is 7.79. The molecule has 0 aliphatic carbocycles. The molecule has 0 aromatic carbocycles. The fourth-order valence-electron chi connectivity index (χ4n) is 1.63. The zero-order chi connectivity index (χ0) is 16.8. The summed E-state index contributed by atoms with van der Waals surface area (Å²) < 4.78 is 9.97. The van der Waals surface area contributed by atoms with Crippen LogP contribution in [0.25, 0.3) is 0 Å². The lowest BCUT2D eigenvalue weighted by atomic mass is 10.2. The van der Waals surface area contributed by atoms with Gasteiger partial charge in [-0.3, -0.25) is 4.79 Å². The maximum absolute atomic E-state index is 11.4. The lowest BCUT2D eigenvalue weighted by Gasteiger charge is -2.19. The van der Waals surface area contributed by atoms with Gasteiger partial charge >= 0.3 is 12.1 Å². The molecule has 0 bridgehead atoms. The van der Waals surface area contributed by atoms with E-state index in [0.29, 0.717) is 6.54 Å². The van der Waals surface area contributed by atoms with E-state index in [9.17, 15) is 9.59 Å². The maximum atomic E-state index is 11.4. The first-order valence-corrected chi connectivity index (χ1v) is 7.79. The molecule has 0 rings (SSSR count). The van der Waals surface area contributed by atoms with Crippen LogP contribution in [0.2, 0.25) is 0 Å². The highest BCUT2D eigenvalue weighted by Gasteiger charge is 2.15. The van der Waals surface area contributed by atoms with Gasteiger partial charge < -0.3 is 20.1 Å². The summed E-state index contributed by atoms with van der Waals surface area (Å²) in [4.78, 5) is 22.5. The quantitative estimate of drug-likeness (QED) is 0.348. The Balaban J connectivity index is 3.32. The normalized spacial score (nSPS) is 10.9. The molecule has 6 nitrogen and oxygen atoms in total. The number of hydrogen-bond donors (Lipinski definition) is 2. The zero-order valence-electron chi connectivity index (χ0n) is 14.1. The Morgan fingerprint density at radius 3 is 2.32 bits per heavy atom. The second-order valence-corrected chi connectivity index (χ2v) is 5.99. The lowest BCUT2D eigenvalue weighted by molar-refractivity contribution is -0.141. The minimum absolute atomic E-state index is 0.230. The first-order chi connectivity index (χ1) is 10.3. The van der Waals surface area contributed by atoms with Crippen molar-refractivity contribution in [2.45, 2.75) is 52.1 Å². The van der Waals surface area contributed by atoms with Gasteiger partial charge in [-0.2, -0.15) is 0 Å². The Kier molecular flexibility index (Phi) is 11.2. The topological polar surface area (TPSA) is 76.7 Å². The van der Waals surface area contributed by atoms with Gasteiger partial charge in [-0.05, 0) is 40.2 Å². The van der Waals surface area contributed by atoms with E-state index in [-0.39, 0.29) is 25.2 Å². The predicted molar refractivity (Wildman–Crippen MR) is 86.7 cm³/mol.